The average Bonchev–Trinajstić information content (AvgIpc) is 2.45. The Hall–Kier alpha value is -1.22. The van der Waals surface area contributed by atoms with E-state index in [9.17, 15) is 0 Å². The highest BCUT2D eigenvalue weighted by Gasteiger charge is 2.18. The zero-order chi connectivity index (χ0) is 14.3. The molecule has 0 aliphatic carbocycles. The Morgan fingerprint density at radius 3 is 2.42 bits per heavy atom. The molecule has 0 radical (unpaired) electrons. The zero-order valence-electron chi connectivity index (χ0n) is 13.0. The van der Waals surface area contributed by atoms with Crippen molar-refractivity contribution < 1.29 is 4.74 Å². The zero-order valence-corrected chi connectivity index (χ0v) is 13.0. The highest BCUT2D eigenvalue weighted by Crippen LogP contribution is 2.34. The Kier molecular flexibility index (Phi) is 6.71. The van der Waals surface area contributed by atoms with Crippen LogP contribution < -0.4 is 15.0 Å². The lowest BCUT2D eigenvalue weighted by Crippen LogP contribution is -2.27. The van der Waals surface area contributed by atoms with Crippen LogP contribution in [0.25, 0.3) is 0 Å². The number of hydrogen-bond acceptors (Lipinski definition) is 3. The standard InChI is InChI=1S/C16H28N2O/c1-6-12-17-13(4)16-14(18(7-2)8-3)10-9-11-15(16)19-5/h9-11,13,17H,6-8,12H2,1-5H3. The monoisotopic (exact) mass is 264 g/mol. The Labute approximate surface area is 118 Å². The van der Waals surface area contributed by atoms with E-state index in [0.717, 1.165) is 31.8 Å². The molecule has 1 aromatic carbocycles. The molecule has 1 aromatic rings. The number of ether oxygens (including phenoxy) is 1. The summed E-state index contributed by atoms with van der Waals surface area (Å²) < 4.78 is 5.56. The van der Waals surface area contributed by atoms with E-state index in [1.807, 2.05) is 6.07 Å². The van der Waals surface area contributed by atoms with Gasteiger partial charge in [0, 0.05) is 30.4 Å². The predicted molar refractivity (Wildman–Crippen MR) is 83.3 cm³/mol. The van der Waals surface area contributed by atoms with Crippen molar-refractivity contribution in [1.29, 1.82) is 0 Å². The number of nitrogens with zero attached hydrogens (tertiary/aromatic N) is 1. The molecule has 0 fully saturated rings. The van der Waals surface area contributed by atoms with Crippen molar-refractivity contribution in [2.45, 2.75) is 40.2 Å². The minimum atomic E-state index is 0.298. The third-order valence-corrected chi connectivity index (χ3v) is 3.50. The van der Waals surface area contributed by atoms with Gasteiger partial charge in [-0.05, 0) is 45.9 Å². The molecule has 0 aliphatic rings. The van der Waals surface area contributed by atoms with Gasteiger partial charge in [-0.25, -0.2) is 0 Å². The highest BCUT2D eigenvalue weighted by atomic mass is 16.5. The molecule has 0 saturated heterocycles. The summed E-state index contributed by atoms with van der Waals surface area (Å²) in [5.74, 6) is 0.973. The fourth-order valence-electron chi connectivity index (χ4n) is 2.45. The van der Waals surface area contributed by atoms with Gasteiger partial charge in [0.1, 0.15) is 5.75 Å². The molecule has 19 heavy (non-hydrogen) atoms. The van der Waals surface area contributed by atoms with Crippen LogP contribution in [0.3, 0.4) is 0 Å². The lowest BCUT2D eigenvalue weighted by molar-refractivity contribution is 0.401. The van der Waals surface area contributed by atoms with Gasteiger partial charge in [-0.1, -0.05) is 13.0 Å². The molecule has 1 rings (SSSR count). The Morgan fingerprint density at radius 2 is 1.89 bits per heavy atom. The summed E-state index contributed by atoms with van der Waals surface area (Å²) in [6, 6.07) is 6.61. The predicted octanol–water partition coefficient (Wildman–Crippen LogP) is 3.60. The number of methoxy groups -OCH3 is 1. The molecule has 1 N–H and O–H groups in total. The van der Waals surface area contributed by atoms with E-state index < -0.39 is 0 Å². The second-order valence-electron chi connectivity index (χ2n) is 4.74. The van der Waals surface area contributed by atoms with Crippen LogP contribution in [0, 0.1) is 0 Å². The van der Waals surface area contributed by atoms with Crippen molar-refractivity contribution in [2.75, 3.05) is 31.6 Å². The largest absolute Gasteiger partial charge is 0.496 e. The first kappa shape index (κ1) is 15.8. The first-order valence-corrected chi connectivity index (χ1v) is 7.34. The minimum Gasteiger partial charge on any atom is -0.496 e. The van der Waals surface area contributed by atoms with Gasteiger partial charge in [-0.3, -0.25) is 0 Å². The minimum absolute atomic E-state index is 0.298. The Bertz CT molecular complexity index is 375. The van der Waals surface area contributed by atoms with Gasteiger partial charge in [-0.15, -0.1) is 0 Å². The summed E-state index contributed by atoms with van der Waals surface area (Å²) in [5.41, 5.74) is 2.54. The van der Waals surface area contributed by atoms with Crippen LogP contribution >= 0.6 is 0 Å². The van der Waals surface area contributed by atoms with Crippen molar-refractivity contribution in [1.82, 2.24) is 5.32 Å². The van der Waals surface area contributed by atoms with Crippen LogP contribution in [-0.4, -0.2) is 26.7 Å². The summed E-state index contributed by atoms with van der Waals surface area (Å²) in [6.45, 7) is 11.8. The Balaban J connectivity index is 3.15. The molecule has 108 valence electrons. The maximum atomic E-state index is 5.56. The molecule has 1 atom stereocenters. The van der Waals surface area contributed by atoms with E-state index in [-0.39, 0.29) is 0 Å². The molecule has 0 aliphatic heterocycles. The van der Waals surface area contributed by atoms with Crippen molar-refractivity contribution in [3.63, 3.8) is 0 Å². The first-order valence-electron chi connectivity index (χ1n) is 7.34. The maximum Gasteiger partial charge on any atom is 0.125 e. The molecule has 0 bridgehead atoms. The lowest BCUT2D eigenvalue weighted by atomic mass is 10.0. The Morgan fingerprint density at radius 1 is 1.21 bits per heavy atom. The number of nitrogens with one attached hydrogen (secondary N) is 1. The molecular formula is C16H28N2O. The second-order valence-corrected chi connectivity index (χ2v) is 4.74. The van der Waals surface area contributed by atoms with Gasteiger partial charge < -0.3 is 15.0 Å². The third kappa shape index (κ3) is 3.87. The summed E-state index contributed by atoms with van der Waals surface area (Å²) in [7, 11) is 1.75. The van der Waals surface area contributed by atoms with E-state index in [0.29, 0.717) is 6.04 Å². The van der Waals surface area contributed by atoms with E-state index >= 15 is 0 Å². The fraction of sp³-hybridized carbons (Fsp3) is 0.625. The number of benzene rings is 1. The average molecular weight is 264 g/mol. The van der Waals surface area contributed by atoms with Crippen LogP contribution in [0.5, 0.6) is 5.75 Å². The van der Waals surface area contributed by atoms with Crippen LogP contribution in [-0.2, 0) is 0 Å². The first-order chi connectivity index (χ1) is 9.19. The van der Waals surface area contributed by atoms with Gasteiger partial charge in [0.25, 0.3) is 0 Å². The number of rotatable bonds is 8. The quantitative estimate of drug-likeness (QED) is 0.776. The van der Waals surface area contributed by atoms with Crippen LogP contribution in [0.2, 0.25) is 0 Å². The summed E-state index contributed by atoms with van der Waals surface area (Å²) in [6.07, 6.45) is 1.14. The molecule has 0 heterocycles. The maximum absolute atomic E-state index is 5.56. The highest BCUT2D eigenvalue weighted by molar-refractivity contribution is 5.60. The van der Waals surface area contributed by atoms with E-state index in [2.05, 4.69) is 50.0 Å². The van der Waals surface area contributed by atoms with E-state index in [1.165, 1.54) is 11.3 Å². The van der Waals surface area contributed by atoms with Crippen molar-refractivity contribution >= 4 is 5.69 Å². The lowest BCUT2D eigenvalue weighted by Gasteiger charge is -2.28. The van der Waals surface area contributed by atoms with Crippen LogP contribution in [0.15, 0.2) is 18.2 Å². The van der Waals surface area contributed by atoms with Crippen LogP contribution in [0.4, 0.5) is 5.69 Å². The van der Waals surface area contributed by atoms with Gasteiger partial charge in [0.15, 0.2) is 0 Å². The summed E-state index contributed by atoms with van der Waals surface area (Å²) >= 11 is 0. The summed E-state index contributed by atoms with van der Waals surface area (Å²) in [5, 5.41) is 3.56. The van der Waals surface area contributed by atoms with Crippen molar-refractivity contribution in [3.05, 3.63) is 23.8 Å². The van der Waals surface area contributed by atoms with Crippen LogP contribution in [0.1, 0.15) is 45.7 Å². The SMILES string of the molecule is CCCNC(C)c1c(OC)cccc1N(CC)CC. The molecular weight excluding hydrogens is 236 g/mol. The van der Waals surface area contributed by atoms with Gasteiger partial charge in [0.2, 0.25) is 0 Å². The van der Waals surface area contributed by atoms with E-state index in [4.69, 9.17) is 4.74 Å². The molecule has 0 amide bonds. The molecule has 0 saturated carbocycles. The second kappa shape index (κ2) is 8.05. The number of anilines is 1. The molecule has 3 nitrogen and oxygen atoms in total. The van der Waals surface area contributed by atoms with Crippen molar-refractivity contribution in [2.24, 2.45) is 0 Å². The number of hydrogen-bond donors (Lipinski definition) is 1. The van der Waals surface area contributed by atoms with Gasteiger partial charge in [0.05, 0.1) is 7.11 Å². The molecule has 0 aromatic heterocycles. The van der Waals surface area contributed by atoms with E-state index in [1.54, 1.807) is 7.11 Å². The van der Waals surface area contributed by atoms with Gasteiger partial charge in [-0.2, -0.15) is 0 Å². The summed E-state index contributed by atoms with van der Waals surface area (Å²) in [4.78, 5) is 2.38. The van der Waals surface area contributed by atoms with Crippen molar-refractivity contribution in [3.8, 4) is 5.75 Å². The fourth-order valence-corrected chi connectivity index (χ4v) is 2.45. The molecule has 3 heteroatoms. The topological polar surface area (TPSA) is 24.5 Å². The third-order valence-electron chi connectivity index (χ3n) is 3.50. The smallest absolute Gasteiger partial charge is 0.125 e. The van der Waals surface area contributed by atoms with Gasteiger partial charge >= 0.3 is 0 Å². The normalized spacial score (nSPS) is 12.3. The molecule has 0 spiro atoms. The molecule has 1 unspecified atom stereocenters.